The molecule has 2 heterocycles. The van der Waals surface area contributed by atoms with Crippen molar-refractivity contribution in [3.8, 4) is 0 Å². The fraction of sp³-hybridized carbons (Fsp3) is 0.286. The Kier molecular flexibility index (Phi) is 2.27. The van der Waals surface area contributed by atoms with Crippen molar-refractivity contribution < 1.29 is 8.42 Å². The Morgan fingerprint density at radius 1 is 1.40 bits per heavy atom. The highest BCUT2D eigenvalue weighted by Gasteiger charge is 2.18. The maximum absolute atomic E-state index is 11.4. The molecule has 2 aromatic rings. The molecular formula is C7H7BrN4O2S. The van der Waals surface area contributed by atoms with Crippen LogP contribution in [-0.4, -0.2) is 34.2 Å². The van der Waals surface area contributed by atoms with Crippen LogP contribution in [0.4, 0.5) is 0 Å². The van der Waals surface area contributed by atoms with Crippen LogP contribution in [0.2, 0.25) is 0 Å². The number of aryl methyl sites for hydroxylation is 1. The summed E-state index contributed by atoms with van der Waals surface area (Å²) in [4.78, 5) is 12.0. The number of sulfone groups is 1. The van der Waals surface area contributed by atoms with Gasteiger partial charge >= 0.3 is 0 Å². The first-order valence-corrected chi connectivity index (χ1v) is 6.63. The summed E-state index contributed by atoms with van der Waals surface area (Å²) in [6, 6.07) is 0. The third-order valence-corrected chi connectivity index (χ3v) is 3.25. The molecule has 0 bridgehead atoms. The van der Waals surface area contributed by atoms with Gasteiger partial charge < -0.3 is 4.57 Å². The van der Waals surface area contributed by atoms with E-state index >= 15 is 0 Å². The van der Waals surface area contributed by atoms with Crippen molar-refractivity contribution in [2.45, 2.75) is 5.16 Å². The molecule has 0 N–H and O–H groups in total. The Morgan fingerprint density at radius 2 is 2.07 bits per heavy atom. The van der Waals surface area contributed by atoms with Crippen LogP contribution in [0.5, 0.6) is 0 Å². The highest BCUT2D eigenvalue weighted by molar-refractivity contribution is 9.10. The quantitative estimate of drug-likeness (QED) is 0.766. The number of hydrogen-bond donors (Lipinski definition) is 0. The largest absolute Gasteiger partial charge is 0.301 e. The molecule has 8 heteroatoms. The summed E-state index contributed by atoms with van der Waals surface area (Å²) in [6.07, 6.45) is 2.57. The zero-order valence-corrected chi connectivity index (χ0v) is 10.4. The van der Waals surface area contributed by atoms with Gasteiger partial charge in [-0.25, -0.2) is 18.4 Å². The summed E-state index contributed by atoms with van der Waals surface area (Å²) in [5, 5.41) is -0.0319. The molecule has 0 aliphatic heterocycles. The molecule has 2 aromatic heterocycles. The van der Waals surface area contributed by atoms with Gasteiger partial charge in [0, 0.05) is 13.3 Å². The fourth-order valence-corrected chi connectivity index (χ4v) is 2.35. The predicted octanol–water partition coefficient (Wildman–Crippen LogP) is 0.529. The molecule has 0 saturated heterocycles. The zero-order valence-electron chi connectivity index (χ0n) is 7.97. The number of hydrogen-bond acceptors (Lipinski definition) is 5. The minimum atomic E-state index is -3.35. The number of aromatic nitrogens is 4. The van der Waals surface area contributed by atoms with Crippen LogP contribution in [0.15, 0.2) is 16.0 Å². The second kappa shape index (κ2) is 3.24. The molecule has 0 spiro atoms. The molecule has 0 fully saturated rings. The number of rotatable bonds is 1. The normalized spacial score (nSPS) is 12.2. The lowest BCUT2D eigenvalue weighted by atomic mass is 10.7. The summed E-state index contributed by atoms with van der Waals surface area (Å²) in [7, 11) is -1.76. The summed E-state index contributed by atoms with van der Waals surface area (Å²) in [5.41, 5.74) is 0.755. The third kappa shape index (κ3) is 1.74. The van der Waals surface area contributed by atoms with Crippen LogP contribution in [0.3, 0.4) is 0 Å². The molecule has 0 aliphatic carbocycles. The van der Waals surface area contributed by atoms with E-state index in [9.17, 15) is 8.42 Å². The Hall–Kier alpha value is -1.02. The SMILES string of the molecule is Cn1c(S(C)(=O)=O)nc2ncc(Br)nc21. The summed E-state index contributed by atoms with van der Waals surface area (Å²) < 4.78 is 24.7. The smallest absolute Gasteiger partial charge is 0.230 e. The minimum Gasteiger partial charge on any atom is -0.301 e. The molecule has 0 atom stereocenters. The second-order valence-corrected chi connectivity index (χ2v) is 5.79. The van der Waals surface area contributed by atoms with Gasteiger partial charge in [-0.2, -0.15) is 4.98 Å². The van der Waals surface area contributed by atoms with Crippen molar-refractivity contribution in [1.82, 2.24) is 19.5 Å². The standard InChI is InChI=1S/C7H7BrN4O2S/c1-12-6-5(9-3-4(8)10-6)11-7(12)15(2,13)14/h3H,1-2H3. The van der Waals surface area contributed by atoms with E-state index in [1.165, 1.54) is 10.8 Å². The van der Waals surface area contributed by atoms with Crippen molar-refractivity contribution >= 4 is 37.1 Å². The lowest BCUT2D eigenvalue weighted by molar-refractivity contribution is 0.586. The van der Waals surface area contributed by atoms with E-state index < -0.39 is 9.84 Å². The van der Waals surface area contributed by atoms with Crippen molar-refractivity contribution in [1.29, 1.82) is 0 Å². The molecule has 80 valence electrons. The lowest BCUT2D eigenvalue weighted by Crippen LogP contribution is -2.05. The van der Waals surface area contributed by atoms with Gasteiger partial charge in [0.15, 0.2) is 11.3 Å². The summed E-state index contributed by atoms with van der Waals surface area (Å²) in [5.74, 6) is 0. The van der Waals surface area contributed by atoms with Gasteiger partial charge in [0.2, 0.25) is 15.0 Å². The molecule has 0 saturated carbocycles. The fourth-order valence-electron chi connectivity index (χ4n) is 1.24. The molecule has 0 radical (unpaired) electrons. The van der Waals surface area contributed by atoms with Crippen molar-refractivity contribution in [2.24, 2.45) is 7.05 Å². The first-order valence-electron chi connectivity index (χ1n) is 3.94. The van der Waals surface area contributed by atoms with E-state index in [0.717, 1.165) is 6.26 Å². The van der Waals surface area contributed by atoms with Crippen molar-refractivity contribution in [3.05, 3.63) is 10.8 Å². The number of nitrogens with zero attached hydrogens (tertiary/aromatic N) is 4. The number of halogens is 1. The topological polar surface area (TPSA) is 77.7 Å². The van der Waals surface area contributed by atoms with Crippen LogP contribution in [0.1, 0.15) is 0 Å². The monoisotopic (exact) mass is 290 g/mol. The Bertz CT molecular complexity index is 634. The maximum Gasteiger partial charge on any atom is 0.230 e. The third-order valence-electron chi connectivity index (χ3n) is 1.84. The highest BCUT2D eigenvalue weighted by atomic mass is 79.9. The van der Waals surface area contributed by atoms with Gasteiger partial charge in [0.25, 0.3) is 0 Å². The zero-order chi connectivity index (χ0) is 11.2. The summed E-state index contributed by atoms with van der Waals surface area (Å²) >= 11 is 3.16. The molecule has 2 rings (SSSR count). The molecular weight excluding hydrogens is 284 g/mol. The van der Waals surface area contributed by atoms with Crippen LogP contribution in [0.25, 0.3) is 11.3 Å². The Labute approximate surface area is 94.4 Å². The molecule has 15 heavy (non-hydrogen) atoms. The molecule has 0 aromatic carbocycles. The Balaban J connectivity index is 2.87. The van der Waals surface area contributed by atoms with Gasteiger partial charge in [-0.1, -0.05) is 0 Å². The first kappa shape index (κ1) is 10.5. The molecule has 0 aliphatic rings. The first-order chi connectivity index (χ1) is 6.89. The number of imidazole rings is 1. The summed E-state index contributed by atoms with van der Waals surface area (Å²) in [6.45, 7) is 0. The average molecular weight is 291 g/mol. The molecule has 6 nitrogen and oxygen atoms in total. The van der Waals surface area contributed by atoms with E-state index in [0.29, 0.717) is 15.9 Å². The maximum atomic E-state index is 11.4. The van der Waals surface area contributed by atoms with E-state index in [1.54, 1.807) is 7.05 Å². The van der Waals surface area contributed by atoms with Crippen LogP contribution in [0, 0.1) is 0 Å². The predicted molar refractivity (Wildman–Crippen MR) is 57.1 cm³/mol. The second-order valence-electron chi connectivity index (χ2n) is 3.07. The van der Waals surface area contributed by atoms with Gasteiger partial charge in [0.1, 0.15) is 4.60 Å². The van der Waals surface area contributed by atoms with Gasteiger partial charge in [-0.05, 0) is 15.9 Å². The van der Waals surface area contributed by atoms with Crippen LogP contribution in [-0.2, 0) is 16.9 Å². The van der Waals surface area contributed by atoms with Crippen molar-refractivity contribution in [2.75, 3.05) is 6.26 Å². The van der Waals surface area contributed by atoms with Crippen LogP contribution < -0.4 is 0 Å². The van der Waals surface area contributed by atoms with E-state index in [-0.39, 0.29) is 5.16 Å². The van der Waals surface area contributed by atoms with Crippen LogP contribution >= 0.6 is 15.9 Å². The molecule has 0 unspecified atom stereocenters. The van der Waals surface area contributed by atoms with E-state index in [1.807, 2.05) is 0 Å². The van der Waals surface area contributed by atoms with Gasteiger partial charge in [-0.15, -0.1) is 0 Å². The minimum absolute atomic E-state index is 0.0319. The Morgan fingerprint density at radius 3 is 2.67 bits per heavy atom. The molecule has 0 amide bonds. The van der Waals surface area contributed by atoms with E-state index in [2.05, 4.69) is 30.9 Å². The van der Waals surface area contributed by atoms with E-state index in [4.69, 9.17) is 0 Å². The average Bonchev–Trinajstić information content (AvgIpc) is 2.43. The number of fused-ring (bicyclic) bond motifs is 1. The van der Waals surface area contributed by atoms with Crippen molar-refractivity contribution in [3.63, 3.8) is 0 Å². The van der Waals surface area contributed by atoms with Gasteiger partial charge in [0.05, 0.1) is 6.20 Å². The lowest BCUT2D eigenvalue weighted by Gasteiger charge is -1.97. The highest BCUT2D eigenvalue weighted by Crippen LogP contribution is 2.16. The van der Waals surface area contributed by atoms with Gasteiger partial charge in [-0.3, -0.25) is 0 Å².